The van der Waals surface area contributed by atoms with Gasteiger partial charge >= 0.3 is 0 Å². The number of carbonyl (C=O) groups excluding carboxylic acids is 1. The van der Waals surface area contributed by atoms with E-state index in [2.05, 4.69) is 43.2 Å². The standard InChI is InChI=1S/C19H22N4OS/c1-12(2)9-17-22-23-19(25-17)21-18(24)16(11-20)10-14-5-7-15(8-6-14)13(3)4/h5-8,10,12-13H,9H2,1-4H3,(H,21,23,24)/b16-10-. The molecule has 1 aromatic carbocycles. The van der Waals surface area contributed by atoms with Crippen molar-refractivity contribution in [1.82, 2.24) is 10.2 Å². The third-order valence-electron chi connectivity index (χ3n) is 3.55. The number of hydrogen-bond donors (Lipinski definition) is 1. The second-order valence-corrected chi connectivity index (χ2v) is 7.61. The smallest absolute Gasteiger partial charge is 0.268 e. The van der Waals surface area contributed by atoms with E-state index in [0.29, 0.717) is 17.0 Å². The van der Waals surface area contributed by atoms with Crippen molar-refractivity contribution in [2.75, 3.05) is 5.32 Å². The van der Waals surface area contributed by atoms with E-state index >= 15 is 0 Å². The van der Waals surface area contributed by atoms with Crippen LogP contribution in [0.1, 0.15) is 49.7 Å². The summed E-state index contributed by atoms with van der Waals surface area (Å²) in [5.41, 5.74) is 2.07. The van der Waals surface area contributed by atoms with E-state index in [1.807, 2.05) is 30.3 Å². The molecule has 0 radical (unpaired) electrons. The third-order valence-corrected chi connectivity index (χ3v) is 4.41. The van der Waals surface area contributed by atoms with Gasteiger partial charge in [0.2, 0.25) is 5.13 Å². The number of hydrogen-bond acceptors (Lipinski definition) is 5. The Labute approximate surface area is 152 Å². The van der Waals surface area contributed by atoms with Gasteiger partial charge in [-0.3, -0.25) is 10.1 Å². The van der Waals surface area contributed by atoms with Crippen molar-refractivity contribution in [3.8, 4) is 6.07 Å². The van der Waals surface area contributed by atoms with Crippen molar-refractivity contribution in [2.45, 2.75) is 40.0 Å². The lowest BCUT2D eigenvalue weighted by molar-refractivity contribution is -0.112. The third kappa shape index (κ3) is 5.50. The summed E-state index contributed by atoms with van der Waals surface area (Å²) in [6.07, 6.45) is 2.40. The van der Waals surface area contributed by atoms with Crippen LogP contribution >= 0.6 is 11.3 Å². The molecule has 1 aromatic heterocycles. The Kier molecular flexibility index (Phi) is 6.43. The van der Waals surface area contributed by atoms with Crippen LogP contribution in [0.4, 0.5) is 5.13 Å². The average Bonchev–Trinajstić information content (AvgIpc) is 2.98. The molecule has 5 nitrogen and oxygen atoms in total. The first-order valence-corrected chi connectivity index (χ1v) is 9.06. The van der Waals surface area contributed by atoms with Crippen LogP contribution in [0.25, 0.3) is 6.08 Å². The molecule has 0 saturated carbocycles. The van der Waals surface area contributed by atoms with Gasteiger partial charge in [0.15, 0.2) is 0 Å². The maximum absolute atomic E-state index is 12.3. The molecular formula is C19H22N4OS. The molecule has 0 spiro atoms. The van der Waals surface area contributed by atoms with E-state index in [4.69, 9.17) is 0 Å². The van der Waals surface area contributed by atoms with Crippen molar-refractivity contribution >= 4 is 28.5 Å². The Hall–Kier alpha value is -2.52. The van der Waals surface area contributed by atoms with Gasteiger partial charge in [0.05, 0.1) is 0 Å². The van der Waals surface area contributed by atoms with Gasteiger partial charge in [-0.1, -0.05) is 63.3 Å². The van der Waals surface area contributed by atoms with Crippen LogP contribution in [0, 0.1) is 17.2 Å². The van der Waals surface area contributed by atoms with E-state index in [1.165, 1.54) is 16.9 Å². The van der Waals surface area contributed by atoms with Crippen LogP contribution in [0.3, 0.4) is 0 Å². The molecular weight excluding hydrogens is 332 g/mol. The Balaban J connectivity index is 2.10. The van der Waals surface area contributed by atoms with E-state index in [-0.39, 0.29) is 5.57 Å². The summed E-state index contributed by atoms with van der Waals surface area (Å²) >= 11 is 1.34. The van der Waals surface area contributed by atoms with Crippen molar-refractivity contribution < 1.29 is 4.79 Å². The number of nitriles is 1. The van der Waals surface area contributed by atoms with Crippen LogP contribution < -0.4 is 5.32 Å². The number of carbonyl (C=O) groups is 1. The number of nitrogens with one attached hydrogen (secondary N) is 1. The summed E-state index contributed by atoms with van der Waals surface area (Å²) in [6.45, 7) is 8.44. The largest absolute Gasteiger partial charge is 0.296 e. The Morgan fingerprint density at radius 1 is 1.24 bits per heavy atom. The Bertz CT molecular complexity index is 798. The predicted molar refractivity (Wildman–Crippen MR) is 101 cm³/mol. The minimum absolute atomic E-state index is 0.0397. The highest BCUT2D eigenvalue weighted by atomic mass is 32.1. The fourth-order valence-electron chi connectivity index (χ4n) is 2.19. The summed E-state index contributed by atoms with van der Waals surface area (Å²) in [7, 11) is 0. The summed E-state index contributed by atoms with van der Waals surface area (Å²) < 4.78 is 0. The van der Waals surface area contributed by atoms with Gasteiger partial charge in [-0.2, -0.15) is 5.26 Å². The lowest BCUT2D eigenvalue weighted by atomic mass is 10.0. The molecule has 1 amide bonds. The first-order chi connectivity index (χ1) is 11.9. The first-order valence-electron chi connectivity index (χ1n) is 8.24. The van der Waals surface area contributed by atoms with Crippen molar-refractivity contribution in [1.29, 1.82) is 5.26 Å². The highest BCUT2D eigenvalue weighted by Crippen LogP contribution is 2.20. The van der Waals surface area contributed by atoms with Gasteiger partial charge in [0.25, 0.3) is 5.91 Å². The zero-order valence-electron chi connectivity index (χ0n) is 14.9. The van der Waals surface area contributed by atoms with Gasteiger partial charge < -0.3 is 0 Å². The topological polar surface area (TPSA) is 78.7 Å². The van der Waals surface area contributed by atoms with Crippen LogP contribution in [0.2, 0.25) is 0 Å². The quantitative estimate of drug-likeness (QED) is 0.616. The van der Waals surface area contributed by atoms with E-state index < -0.39 is 5.91 Å². The summed E-state index contributed by atoms with van der Waals surface area (Å²) in [6, 6.07) is 9.78. The summed E-state index contributed by atoms with van der Waals surface area (Å²) in [5.74, 6) is 0.441. The first kappa shape index (κ1) is 18.8. The predicted octanol–water partition coefficient (Wildman–Crippen LogP) is 4.41. The lowest BCUT2D eigenvalue weighted by Gasteiger charge is -2.05. The molecule has 2 aromatic rings. The fraction of sp³-hybridized carbons (Fsp3) is 0.368. The molecule has 0 unspecified atom stereocenters. The number of rotatable bonds is 6. The molecule has 2 rings (SSSR count). The minimum Gasteiger partial charge on any atom is -0.296 e. The normalized spacial score (nSPS) is 11.6. The zero-order valence-corrected chi connectivity index (χ0v) is 15.7. The SMILES string of the molecule is CC(C)Cc1nnc(NC(=O)/C(C#N)=C\c2ccc(C(C)C)cc2)s1. The number of amides is 1. The minimum atomic E-state index is -0.470. The molecule has 1 N–H and O–H groups in total. The molecule has 0 aliphatic carbocycles. The van der Waals surface area contributed by atoms with Crippen molar-refractivity contribution in [2.24, 2.45) is 5.92 Å². The van der Waals surface area contributed by atoms with Gasteiger partial charge in [-0.05, 0) is 29.0 Å². The highest BCUT2D eigenvalue weighted by Gasteiger charge is 2.13. The molecule has 25 heavy (non-hydrogen) atoms. The van der Waals surface area contributed by atoms with E-state index in [1.54, 1.807) is 6.08 Å². The monoisotopic (exact) mass is 354 g/mol. The zero-order chi connectivity index (χ0) is 18.4. The number of nitrogens with zero attached hydrogens (tertiary/aromatic N) is 3. The molecule has 0 aliphatic rings. The molecule has 1 heterocycles. The Morgan fingerprint density at radius 3 is 2.48 bits per heavy atom. The highest BCUT2D eigenvalue weighted by molar-refractivity contribution is 7.15. The van der Waals surface area contributed by atoms with Crippen LogP contribution in [0.5, 0.6) is 0 Å². The van der Waals surface area contributed by atoms with E-state index in [9.17, 15) is 10.1 Å². The summed E-state index contributed by atoms with van der Waals surface area (Å²) in [4.78, 5) is 12.3. The molecule has 0 fully saturated rings. The average molecular weight is 354 g/mol. The fourth-order valence-corrected chi connectivity index (χ4v) is 3.14. The lowest BCUT2D eigenvalue weighted by Crippen LogP contribution is -2.13. The van der Waals surface area contributed by atoms with Gasteiger partial charge in [0.1, 0.15) is 16.6 Å². The molecule has 0 atom stereocenters. The van der Waals surface area contributed by atoms with Gasteiger partial charge in [-0.15, -0.1) is 10.2 Å². The molecule has 0 saturated heterocycles. The number of anilines is 1. The number of benzene rings is 1. The molecule has 0 aliphatic heterocycles. The molecule has 0 bridgehead atoms. The van der Waals surface area contributed by atoms with Crippen LogP contribution in [-0.2, 0) is 11.2 Å². The maximum atomic E-state index is 12.3. The summed E-state index contributed by atoms with van der Waals surface area (Å²) in [5, 5.41) is 21.2. The Morgan fingerprint density at radius 2 is 1.92 bits per heavy atom. The maximum Gasteiger partial charge on any atom is 0.268 e. The molecule has 130 valence electrons. The van der Waals surface area contributed by atoms with Crippen LogP contribution in [0.15, 0.2) is 29.8 Å². The molecule has 6 heteroatoms. The van der Waals surface area contributed by atoms with Crippen molar-refractivity contribution in [3.63, 3.8) is 0 Å². The van der Waals surface area contributed by atoms with E-state index in [0.717, 1.165) is 17.0 Å². The number of aromatic nitrogens is 2. The second-order valence-electron chi connectivity index (χ2n) is 6.54. The van der Waals surface area contributed by atoms with Crippen LogP contribution in [-0.4, -0.2) is 16.1 Å². The van der Waals surface area contributed by atoms with Gasteiger partial charge in [0, 0.05) is 6.42 Å². The van der Waals surface area contributed by atoms with Gasteiger partial charge in [-0.25, -0.2) is 0 Å². The second kappa shape index (κ2) is 8.54. The van der Waals surface area contributed by atoms with Crippen molar-refractivity contribution in [3.05, 3.63) is 46.0 Å².